The molecule has 1 atom stereocenters. The number of hydrogen-bond acceptors (Lipinski definition) is 9. The predicted molar refractivity (Wildman–Crippen MR) is 149 cm³/mol. The minimum atomic E-state index is -2.74. The number of carboxylic acid groups (broad SMARTS) is 3. The molecule has 2 aliphatic heterocycles. The van der Waals surface area contributed by atoms with Gasteiger partial charge < -0.3 is 39.5 Å². The van der Waals surface area contributed by atoms with Crippen LogP contribution in [0.3, 0.4) is 0 Å². The number of anilines is 1. The number of fused-ring (bicyclic) bond motifs is 1. The smallest absolute Gasteiger partial charge is 0.336 e. The molecule has 42 heavy (non-hydrogen) atoms. The summed E-state index contributed by atoms with van der Waals surface area (Å²) in [6.07, 6.45) is 0.148. The van der Waals surface area contributed by atoms with Crippen LogP contribution in [0.4, 0.5) is 5.95 Å². The van der Waals surface area contributed by atoms with E-state index in [-0.39, 0.29) is 11.9 Å². The van der Waals surface area contributed by atoms with Crippen LogP contribution in [0.15, 0.2) is 18.3 Å². The lowest BCUT2D eigenvalue weighted by Crippen LogP contribution is -2.44. The van der Waals surface area contributed by atoms with Gasteiger partial charge in [-0.05, 0) is 31.4 Å². The molecule has 230 valence electrons. The van der Waals surface area contributed by atoms with Gasteiger partial charge in [-0.3, -0.25) is 14.4 Å². The number of aromatic nitrogens is 3. The molecule has 0 bridgehead atoms. The van der Waals surface area contributed by atoms with E-state index in [0.717, 1.165) is 25.3 Å². The summed E-state index contributed by atoms with van der Waals surface area (Å²) in [5.41, 5.74) is 1.20. The molecule has 2 aromatic rings. The molecule has 1 saturated heterocycles. The molecule has 0 saturated carbocycles. The Kier molecular flexibility index (Phi) is 10.6. The largest absolute Gasteiger partial charge is 0.481 e. The Hall–Kier alpha value is -4.04. The topological polar surface area (TPSA) is 196 Å². The highest BCUT2D eigenvalue weighted by molar-refractivity contribution is 5.95. The van der Waals surface area contributed by atoms with Gasteiger partial charge in [-0.15, -0.1) is 0 Å². The SMILES string of the molecule is CCc1nc(N2CCOCC2)ncc1C(=O)N1CCn2c(C)ccc2C1C(C)C.O=C(O)CC(O)(CC(=O)O)C(=O)O. The third-order valence-corrected chi connectivity index (χ3v) is 7.33. The number of amides is 1. The van der Waals surface area contributed by atoms with Crippen molar-refractivity contribution in [3.8, 4) is 0 Å². The van der Waals surface area contributed by atoms with Crippen molar-refractivity contribution in [3.05, 3.63) is 41.0 Å². The Morgan fingerprint density at radius 2 is 1.64 bits per heavy atom. The van der Waals surface area contributed by atoms with Gasteiger partial charge in [0.25, 0.3) is 5.91 Å². The van der Waals surface area contributed by atoms with Crippen LogP contribution in [-0.4, -0.2) is 102 Å². The number of rotatable bonds is 9. The van der Waals surface area contributed by atoms with Crippen molar-refractivity contribution in [1.82, 2.24) is 19.4 Å². The molecule has 4 rings (SSSR count). The number of ether oxygens (including phenoxy) is 1. The van der Waals surface area contributed by atoms with Gasteiger partial charge in [0, 0.05) is 43.8 Å². The van der Waals surface area contributed by atoms with Crippen molar-refractivity contribution in [2.24, 2.45) is 5.92 Å². The quantitative estimate of drug-likeness (QED) is 0.330. The average molecular weight is 590 g/mol. The minimum absolute atomic E-state index is 0.0409. The fourth-order valence-electron chi connectivity index (χ4n) is 5.23. The Balaban J connectivity index is 0.000000316. The summed E-state index contributed by atoms with van der Waals surface area (Å²) in [7, 11) is 0. The minimum Gasteiger partial charge on any atom is -0.481 e. The van der Waals surface area contributed by atoms with Crippen molar-refractivity contribution in [1.29, 1.82) is 0 Å². The standard InChI is InChI=1S/C22H31N5O2.C6H8O7/c1-5-18-17(14-23-22(24-18)25-10-12-29-13-11-25)21(28)27-9-8-26-16(4)6-7-19(26)20(27)15(2)3;7-3(8)1-6(13,5(11)12)2-4(9)10/h6-7,14-15,20H,5,8-13H2,1-4H3;13H,1-2H2,(H,7,8)(H,9,10)(H,11,12). The number of nitrogens with zero attached hydrogens (tertiary/aromatic N) is 5. The monoisotopic (exact) mass is 589 g/mol. The molecule has 4 N–H and O–H groups in total. The zero-order chi connectivity index (χ0) is 31.2. The van der Waals surface area contributed by atoms with Crippen molar-refractivity contribution in [2.45, 2.75) is 65.1 Å². The van der Waals surface area contributed by atoms with Crippen molar-refractivity contribution >= 4 is 29.8 Å². The molecule has 0 spiro atoms. The number of carbonyl (C=O) groups is 4. The van der Waals surface area contributed by atoms with Gasteiger partial charge in [-0.25, -0.2) is 14.8 Å². The maximum Gasteiger partial charge on any atom is 0.336 e. The van der Waals surface area contributed by atoms with Gasteiger partial charge in [-0.2, -0.15) is 0 Å². The van der Waals surface area contributed by atoms with E-state index in [1.165, 1.54) is 11.4 Å². The number of aliphatic hydroxyl groups is 1. The highest BCUT2D eigenvalue weighted by atomic mass is 16.5. The summed E-state index contributed by atoms with van der Waals surface area (Å²) in [6, 6.07) is 4.38. The predicted octanol–water partition coefficient (Wildman–Crippen LogP) is 1.59. The van der Waals surface area contributed by atoms with Crippen molar-refractivity contribution in [2.75, 3.05) is 37.7 Å². The number of aryl methyl sites for hydroxylation is 2. The van der Waals surface area contributed by atoms with Crippen LogP contribution in [0.2, 0.25) is 0 Å². The number of hydrogen-bond donors (Lipinski definition) is 4. The molecule has 2 aliphatic rings. The lowest BCUT2D eigenvalue weighted by Gasteiger charge is -2.40. The molecular weight excluding hydrogens is 550 g/mol. The Bertz CT molecular complexity index is 1290. The first-order valence-corrected chi connectivity index (χ1v) is 13.8. The summed E-state index contributed by atoms with van der Waals surface area (Å²) in [5.74, 6) is -3.95. The second-order valence-corrected chi connectivity index (χ2v) is 10.7. The normalized spacial score (nSPS) is 16.9. The van der Waals surface area contributed by atoms with E-state index >= 15 is 0 Å². The van der Waals surface area contributed by atoms with Gasteiger partial charge >= 0.3 is 17.9 Å². The van der Waals surface area contributed by atoms with Crippen molar-refractivity contribution in [3.63, 3.8) is 0 Å². The maximum absolute atomic E-state index is 13.6. The summed E-state index contributed by atoms with van der Waals surface area (Å²) in [4.78, 5) is 57.5. The van der Waals surface area contributed by atoms with E-state index < -0.39 is 36.4 Å². The summed E-state index contributed by atoms with van der Waals surface area (Å²) in [5, 5.41) is 33.8. The number of carboxylic acids is 3. The molecule has 4 heterocycles. The van der Waals surface area contributed by atoms with E-state index in [0.29, 0.717) is 43.6 Å². The van der Waals surface area contributed by atoms with E-state index in [9.17, 15) is 19.2 Å². The average Bonchev–Trinajstić information content (AvgIpc) is 3.32. The fraction of sp³-hybridized carbons (Fsp3) is 0.571. The molecule has 0 aliphatic carbocycles. The summed E-state index contributed by atoms with van der Waals surface area (Å²) >= 11 is 0. The first-order valence-electron chi connectivity index (χ1n) is 13.8. The van der Waals surface area contributed by atoms with Crippen molar-refractivity contribution < 1.29 is 44.3 Å². The molecule has 14 heteroatoms. The van der Waals surface area contributed by atoms with Crippen LogP contribution >= 0.6 is 0 Å². The first kappa shape index (κ1) is 32.5. The number of carbonyl (C=O) groups excluding carboxylic acids is 1. The highest BCUT2D eigenvalue weighted by Gasteiger charge is 2.41. The molecule has 0 aromatic carbocycles. The number of aliphatic carboxylic acids is 3. The number of morpholine rings is 1. The summed E-state index contributed by atoms with van der Waals surface area (Å²) in [6.45, 7) is 13.0. The maximum atomic E-state index is 13.6. The zero-order valence-electron chi connectivity index (χ0n) is 24.3. The van der Waals surface area contributed by atoms with E-state index in [4.69, 9.17) is 30.1 Å². The Morgan fingerprint density at radius 3 is 2.17 bits per heavy atom. The Morgan fingerprint density at radius 1 is 1.02 bits per heavy atom. The molecule has 1 fully saturated rings. The molecule has 0 radical (unpaired) electrons. The Labute approximate surface area is 243 Å². The third-order valence-electron chi connectivity index (χ3n) is 7.33. The third kappa shape index (κ3) is 7.42. The fourth-order valence-corrected chi connectivity index (χ4v) is 5.23. The summed E-state index contributed by atoms with van der Waals surface area (Å²) < 4.78 is 7.76. The lowest BCUT2D eigenvalue weighted by atomic mass is 9.96. The van der Waals surface area contributed by atoms with Gasteiger partial charge in [-0.1, -0.05) is 20.8 Å². The first-order chi connectivity index (χ1) is 19.8. The van der Waals surface area contributed by atoms with Crippen LogP contribution in [0.25, 0.3) is 0 Å². The molecule has 14 nitrogen and oxygen atoms in total. The second-order valence-electron chi connectivity index (χ2n) is 10.7. The van der Waals surface area contributed by atoms with Crippen LogP contribution in [0.1, 0.15) is 67.1 Å². The van der Waals surface area contributed by atoms with Crippen LogP contribution < -0.4 is 4.90 Å². The van der Waals surface area contributed by atoms with Crippen LogP contribution in [-0.2, 0) is 32.1 Å². The molecule has 1 amide bonds. The highest BCUT2D eigenvalue weighted by Crippen LogP contribution is 2.35. The van der Waals surface area contributed by atoms with E-state index in [1.807, 2.05) is 11.8 Å². The van der Waals surface area contributed by atoms with Gasteiger partial charge in [0.1, 0.15) is 0 Å². The van der Waals surface area contributed by atoms with Gasteiger partial charge in [0.05, 0.1) is 43.4 Å². The van der Waals surface area contributed by atoms with E-state index in [1.54, 1.807) is 6.20 Å². The lowest BCUT2D eigenvalue weighted by molar-refractivity contribution is -0.170. The zero-order valence-corrected chi connectivity index (χ0v) is 24.3. The van der Waals surface area contributed by atoms with Crippen LogP contribution in [0, 0.1) is 12.8 Å². The molecular formula is C28H39N5O9. The second kappa shape index (κ2) is 13.7. The van der Waals surface area contributed by atoms with E-state index in [2.05, 4.69) is 47.4 Å². The van der Waals surface area contributed by atoms with Gasteiger partial charge in [0.2, 0.25) is 5.95 Å². The van der Waals surface area contributed by atoms with Crippen LogP contribution in [0.5, 0.6) is 0 Å². The molecule has 2 aromatic heterocycles. The van der Waals surface area contributed by atoms with Gasteiger partial charge in [0.15, 0.2) is 5.60 Å². The molecule has 1 unspecified atom stereocenters.